The predicted molar refractivity (Wildman–Crippen MR) is 66.2 cm³/mol. The van der Waals surface area contributed by atoms with Crippen LogP contribution in [0.15, 0.2) is 27.8 Å². The lowest BCUT2D eigenvalue weighted by molar-refractivity contribution is 0.137. The maximum Gasteiger partial charge on any atom is 0.288 e. The second kappa shape index (κ2) is 4.85. The van der Waals surface area contributed by atoms with Crippen molar-refractivity contribution in [1.82, 2.24) is 4.98 Å². The number of hydrogen-bond acceptors (Lipinski definition) is 5. The topological polar surface area (TPSA) is 78.3 Å². The number of anilines is 1. The SMILES string of the molecule is COC(C)CS(=O)c1nc2ccc(N)cc2o1. The van der Waals surface area contributed by atoms with Crippen LogP contribution in [0.2, 0.25) is 0 Å². The quantitative estimate of drug-likeness (QED) is 0.837. The van der Waals surface area contributed by atoms with Gasteiger partial charge in [0, 0.05) is 18.9 Å². The first-order valence-electron chi connectivity index (χ1n) is 5.17. The molecule has 1 aromatic heterocycles. The van der Waals surface area contributed by atoms with Gasteiger partial charge in [-0.3, -0.25) is 0 Å². The van der Waals surface area contributed by atoms with Crippen LogP contribution in [0.1, 0.15) is 6.92 Å². The molecule has 0 aliphatic rings. The first-order chi connectivity index (χ1) is 8.10. The molecule has 5 nitrogen and oxygen atoms in total. The smallest absolute Gasteiger partial charge is 0.288 e. The molecule has 92 valence electrons. The number of nitrogens with two attached hydrogens (primary N) is 1. The second-order valence-corrected chi connectivity index (χ2v) is 5.14. The zero-order valence-electron chi connectivity index (χ0n) is 9.67. The lowest BCUT2D eigenvalue weighted by Crippen LogP contribution is -2.15. The van der Waals surface area contributed by atoms with Crippen molar-refractivity contribution in [2.45, 2.75) is 18.3 Å². The van der Waals surface area contributed by atoms with Crippen molar-refractivity contribution in [3.8, 4) is 0 Å². The summed E-state index contributed by atoms with van der Waals surface area (Å²) in [5, 5.41) is 0.217. The van der Waals surface area contributed by atoms with Gasteiger partial charge in [-0.1, -0.05) is 0 Å². The number of hydrogen-bond donors (Lipinski definition) is 1. The third-order valence-corrected chi connectivity index (χ3v) is 3.71. The first kappa shape index (κ1) is 12.1. The van der Waals surface area contributed by atoms with Crippen LogP contribution in [-0.2, 0) is 15.5 Å². The fourth-order valence-electron chi connectivity index (χ4n) is 1.37. The number of nitrogen functional groups attached to an aromatic ring is 1. The molecule has 0 aliphatic carbocycles. The molecule has 0 fully saturated rings. The van der Waals surface area contributed by atoms with Gasteiger partial charge in [0.2, 0.25) is 0 Å². The van der Waals surface area contributed by atoms with Gasteiger partial charge in [0.05, 0.1) is 11.9 Å². The van der Waals surface area contributed by atoms with Crippen molar-refractivity contribution in [2.24, 2.45) is 0 Å². The molecule has 2 aromatic rings. The van der Waals surface area contributed by atoms with Gasteiger partial charge in [-0.25, -0.2) is 9.19 Å². The third kappa shape index (κ3) is 2.65. The maximum absolute atomic E-state index is 11.9. The van der Waals surface area contributed by atoms with E-state index in [2.05, 4.69) is 4.98 Å². The van der Waals surface area contributed by atoms with Crippen LogP contribution in [0.4, 0.5) is 5.69 Å². The minimum atomic E-state index is -1.30. The summed E-state index contributed by atoms with van der Waals surface area (Å²) in [7, 11) is 0.282. The zero-order chi connectivity index (χ0) is 12.4. The molecular formula is C11H14N2O3S. The van der Waals surface area contributed by atoms with E-state index in [1.807, 2.05) is 6.92 Å². The molecule has 0 saturated heterocycles. The van der Waals surface area contributed by atoms with E-state index in [4.69, 9.17) is 14.9 Å². The molecule has 0 spiro atoms. The Morgan fingerprint density at radius 3 is 3.06 bits per heavy atom. The summed E-state index contributed by atoms with van der Waals surface area (Å²) in [6.07, 6.45) is -0.101. The Balaban J connectivity index is 2.27. The van der Waals surface area contributed by atoms with E-state index in [0.717, 1.165) is 0 Å². The Kier molecular flexibility index (Phi) is 3.44. The minimum Gasteiger partial charge on any atom is -0.430 e. The molecular weight excluding hydrogens is 240 g/mol. The van der Waals surface area contributed by atoms with Crippen LogP contribution in [0, 0.1) is 0 Å². The number of oxazole rings is 1. The first-order valence-corrected chi connectivity index (χ1v) is 6.49. The fourth-order valence-corrected chi connectivity index (χ4v) is 2.46. The monoisotopic (exact) mass is 254 g/mol. The van der Waals surface area contributed by atoms with Gasteiger partial charge in [-0.2, -0.15) is 0 Å². The van der Waals surface area contributed by atoms with Crippen LogP contribution in [0.3, 0.4) is 0 Å². The Labute approximate surface area is 101 Å². The summed E-state index contributed by atoms with van der Waals surface area (Å²) >= 11 is 0. The second-order valence-electron chi connectivity index (χ2n) is 3.77. The molecule has 2 rings (SSSR count). The zero-order valence-corrected chi connectivity index (χ0v) is 10.5. The van der Waals surface area contributed by atoms with Crippen LogP contribution < -0.4 is 5.73 Å². The van der Waals surface area contributed by atoms with E-state index in [1.54, 1.807) is 25.3 Å². The molecule has 0 bridgehead atoms. The molecule has 17 heavy (non-hydrogen) atoms. The average molecular weight is 254 g/mol. The molecule has 2 atom stereocenters. The Morgan fingerprint density at radius 2 is 2.35 bits per heavy atom. The van der Waals surface area contributed by atoms with Crippen molar-refractivity contribution in [3.63, 3.8) is 0 Å². The highest BCUT2D eigenvalue weighted by molar-refractivity contribution is 7.84. The highest BCUT2D eigenvalue weighted by Gasteiger charge is 2.15. The van der Waals surface area contributed by atoms with Gasteiger partial charge in [0.15, 0.2) is 5.58 Å². The highest BCUT2D eigenvalue weighted by Crippen LogP contribution is 2.20. The predicted octanol–water partition coefficient (Wildman–Crippen LogP) is 1.55. The van der Waals surface area contributed by atoms with E-state index in [-0.39, 0.29) is 11.3 Å². The molecule has 1 heterocycles. The summed E-state index contributed by atoms with van der Waals surface area (Å²) in [6.45, 7) is 1.85. The van der Waals surface area contributed by atoms with Gasteiger partial charge in [-0.05, 0) is 19.1 Å². The normalized spacial score (nSPS) is 14.9. The Hall–Kier alpha value is -1.40. The number of aromatic nitrogens is 1. The summed E-state index contributed by atoms with van der Waals surface area (Å²) < 4.78 is 22.4. The van der Waals surface area contributed by atoms with Crippen LogP contribution in [0.5, 0.6) is 0 Å². The van der Waals surface area contributed by atoms with E-state index in [9.17, 15) is 4.21 Å². The molecule has 0 aliphatic heterocycles. The number of benzene rings is 1. The highest BCUT2D eigenvalue weighted by atomic mass is 32.2. The van der Waals surface area contributed by atoms with Gasteiger partial charge in [0.25, 0.3) is 5.22 Å². The van der Waals surface area contributed by atoms with Crippen LogP contribution >= 0.6 is 0 Å². The number of nitrogens with zero attached hydrogens (tertiary/aromatic N) is 1. The van der Waals surface area contributed by atoms with Crippen molar-refractivity contribution in [2.75, 3.05) is 18.6 Å². The van der Waals surface area contributed by atoms with Crippen LogP contribution in [-0.4, -0.2) is 28.2 Å². The van der Waals surface area contributed by atoms with Gasteiger partial charge >= 0.3 is 0 Å². The summed E-state index contributed by atoms with van der Waals surface area (Å²) in [4.78, 5) is 4.16. The number of ether oxygens (including phenoxy) is 1. The number of methoxy groups -OCH3 is 1. The fraction of sp³-hybridized carbons (Fsp3) is 0.364. The summed E-state index contributed by atoms with van der Waals surface area (Å²) in [5.74, 6) is 0.360. The molecule has 0 radical (unpaired) electrons. The van der Waals surface area contributed by atoms with Crippen molar-refractivity contribution < 1.29 is 13.4 Å². The summed E-state index contributed by atoms with van der Waals surface area (Å²) in [5.41, 5.74) is 7.44. The molecule has 2 N–H and O–H groups in total. The Bertz CT molecular complexity index is 553. The average Bonchev–Trinajstić information content (AvgIpc) is 2.71. The standard InChI is InChI=1S/C11H14N2O3S/c1-7(15-2)6-17(14)11-13-9-4-3-8(12)5-10(9)16-11/h3-5,7H,6,12H2,1-2H3. The van der Waals surface area contributed by atoms with E-state index in [0.29, 0.717) is 22.5 Å². The van der Waals surface area contributed by atoms with Gasteiger partial charge < -0.3 is 14.9 Å². The number of fused-ring (bicyclic) bond motifs is 1. The minimum absolute atomic E-state index is 0.101. The van der Waals surface area contributed by atoms with Crippen molar-refractivity contribution in [1.29, 1.82) is 0 Å². The van der Waals surface area contributed by atoms with Crippen molar-refractivity contribution in [3.05, 3.63) is 18.2 Å². The summed E-state index contributed by atoms with van der Waals surface area (Å²) in [6, 6.07) is 5.15. The molecule has 2 unspecified atom stereocenters. The van der Waals surface area contributed by atoms with Gasteiger partial charge in [0.1, 0.15) is 16.3 Å². The van der Waals surface area contributed by atoms with E-state index in [1.165, 1.54) is 0 Å². The lowest BCUT2D eigenvalue weighted by atomic mass is 10.3. The molecule has 0 amide bonds. The molecule has 6 heteroatoms. The van der Waals surface area contributed by atoms with E-state index < -0.39 is 10.8 Å². The molecule has 0 saturated carbocycles. The van der Waals surface area contributed by atoms with Crippen molar-refractivity contribution >= 4 is 27.6 Å². The maximum atomic E-state index is 11.9. The lowest BCUT2D eigenvalue weighted by Gasteiger charge is -2.05. The number of rotatable bonds is 4. The van der Waals surface area contributed by atoms with Crippen LogP contribution in [0.25, 0.3) is 11.1 Å². The molecule has 1 aromatic carbocycles. The largest absolute Gasteiger partial charge is 0.430 e. The van der Waals surface area contributed by atoms with E-state index >= 15 is 0 Å². The third-order valence-electron chi connectivity index (χ3n) is 2.38. The van der Waals surface area contributed by atoms with Gasteiger partial charge in [-0.15, -0.1) is 0 Å². The Morgan fingerprint density at radius 1 is 1.59 bits per heavy atom.